The van der Waals surface area contributed by atoms with Crippen LogP contribution in [0.5, 0.6) is 0 Å². The van der Waals surface area contributed by atoms with Crippen LogP contribution < -0.4 is 4.90 Å². The standard InChI is InChI=1S/C12H10BrClN2S/c13-10-5-9(14)6-15-12(10)16-3-1-11-8(7-16)2-4-17-11/h2,4-6H,1,3,7H2. The lowest BCUT2D eigenvalue weighted by molar-refractivity contribution is 0.730. The quantitative estimate of drug-likeness (QED) is 0.782. The number of hydrogen-bond donors (Lipinski definition) is 0. The van der Waals surface area contributed by atoms with Gasteiger partial charge in [-0.2, -0.15) is 0 Å². The van der Waals surface area contributed by atoms with Gasteiger partial charge >= 0.3 is 0 Å². The summed E-state index contributed by atoms with van der Waals surface area (Å²) in [5.41, 5.74) is 1.42. The van der Waals surface area contributed by atoms with Crippen LogP contribution in [0.15, 0.2) is 28.2 Å². The molecule has 0 N–H and O–H groups in total. The molecule has 17 heavy (non-hydrogen) atoms. The summed E-state index contributed by atoms with van der Waals surface area (Å²) in [5.74, 6) is 0.978. The van der Waals surface area contributed by atoms with Crippen LogP contribution in [-0.2, 0) is 13.0 Å². The zero-order chi connectivity index (χ0) is 11.8. The van der Waals surface area contributed by atoms with Crippen LogP contribution in [0.4, 0.5) is 5.82 Å². The van der Waals surface area contributed by atoms with Crippen molar-refractivity contribution >= 4 is 44.7 Å². The molecular weight excluding hydrogens is 320 g/mol. The number of anilines is 1. The summed E-state index contributed by atoms with van der Waals surface area (Å²) in [6.45, 7) is 1.95. The van der Waals surface area contributed by atoms with Crippen molar-refractivity contribution < 1.29 is 0 Å². The Morgan fingerprint density at radius 1 is 1.47 bits per heavy atom. The minimum absolute atomic E-state index is 0.661. The summed E-state index contributed by atoms with van der Waals surface area (Å²) in [5, 5.41) is 2.83. The van der Waals surface area contributed by atoms with Gasteiger partial charge in [-0.15, -0.1) is 11.3 Å². The van der Waals surface area contributed by atoms with Crippen LogP contribution in [0.2, 0.25) is 5.02 Å². The normalized spacial score (nSPS) is 14.8. The topological polar surface area (TPSA) is 16.1 Å². The molecule has 3 rings (SSSR count). The zero-order valence-corrected chi connectivity index (χ0v) is 12.1. The summed E-state index contributed by atoms with van der Waals surface area (Å²) in [7, 11) is 0. The lowest BCUT2D eigenvalue weighted by Gasteiger charge is -2.28. The lowest BCUT2D eigenvalue weighted by atomic mass is 10.1. The molecule has 0 aromatic carbocycles. The molecule has 0 amide bonds. The van der Waals surface area contributed by atoms with Crippen LogP contribution >= 0.6 is 38.9 Å². The maximum atomic E-state index is 5.91. The van der Waals surface area contributed by atoms with Crippen molar-refractivity contribution in [1.82, 2.24) is 4.98 Å². The van der Waals surface area contributed by atoms with Crippen LogP contribution in [0.3, 0.4) is 0 Å². The molecule has 2 aromatic rings. The molecule has 88 valence electrons. The van der Waals surface area contributed by atoms with E-state index in [1.54, 1.807) is 6.20 Å². The predicted octanol–water partition coefficient (Wildman–Crippen LogP) is 4.12. The van der Waals surface area contributed by atoms with Crippen LogP contribution in [0, 0.1) is 0 Å². The summed E-state index contributed by atoms with van der Waals surface area (Å²) in [6, 6.07) is 4.10. The fraction of sp³-hybridized carbons (Fsp3) is 0.250. The number of fused-ring (bicyclic) bond motifs is 1. The number of aromatic nitrogens is 1. The van der Waals surface area contributed by atoms with E-state index in [0.29, 0.717) is 5.02 Å². The van der Waals surface area contributed by atoms with E-state index >= 15 is 0 Å². The van der Waals surface area contributed by atoms with Crippen molar-refractivity contribution in [3.63, 3.8) is 0 Å². The van der Waals surface area contributed by atoms with Gasteiger partial charge in [-0.1, -0.05) is 11.6 Å². The Kier molecular flexibility index (Phi) is 3.11. The van der Waals surface area contributed by atoms with Crippen molar-refractivity contribution in [3.05, 3.63) is 43.6 Å². The summed E-state index contributed by atoms with van der Waals surface area (Å²) < 4.78 is 0.962. The van der Waals surface area contributed by atoms with Gasteiger partial charge < -0.3 is 4.90 Å². The third kappa shape index (κ3) is 2.21. The molecule has 3 heterocycles. The Balaban J connectivity index is 1.91. The lowest BCUT2D eigenvalue weighted by Crippen LogP contribution is -2.30. The highest BCUT2D eigenvalue weighted by atomic mass is 79.9. The van der Waals surface area contributed by atoms with E-state index in [9.17, 15) is 0 Å². The van der Waals surface area contributed by atoms with Crippen molar-refractivity contribution in [2.75, 3.05) is 11.4 Å². The van der Waals surface area contributed by atoms with Crippen LogP contribution in [-0.4, -0.2) is 11.5 Å². The molecule has 2 aromatic heterocycles. The molecule has 5 heteroatoms. The number of halogens is 2. The molecule has 0 saturated heterocycles. The Bertz CT molecular complexity index is 555. The van der Waals surface area contributed by atoms with Crippen LogP contribution in [0.1, 0.15) is 10.4 Å². The van der Waals surface area contributed by atoms with Gasteiger partial charge in [0.15, 0.2) is 0 Å². The highest BCUT2D eigenvalue weighted by Crippen LogP contribution is 2.31. The Hall–Kier alpha value is -0.580. The Morgan fingerprint density at radius 3 is 3.18 bits per heavy atom. The molecule has 0 fully saturated rings. The predicted molar refractivity (Wildman–Crippen MR) is 76.0 cm³/mol. The van der Waals surface area contributed by atoms with E-state index in [1.807, 2.05) is 17.4 Å². The third-order valence-electron chi connectivity index (χ3n) is 2.90. The smallest absolute Gasteiger partial charge is 0.143 e. The zero-order valence-electron chi connectivity index (χ0n) is 8.99. The molecule has 0 aliphatic carbocycles. The summed E-state index contributed by atoms with van der Waals surface area (Å²) in [6.07, 6.45) is 2.80. The van der Waals surface area contributed by atoms with Gasteiger partial charge in [0.1, 0.15) is 5.82 Å². The average Bonchev–Trinajstić information content (AvgIpc) is 2.75. The molecule has 0 spiro atoms. The second kappa shape index (κ2) is 4.59. The molecule has 1 aliphatic rings. The fourth-order valence-corrected chi connectivity index (χ4v) is 3.85. The summed E-state index contributed by atoms with van der Waals surface area (Å²) >= 11 is 11.3. The van der Waals surface area contributed by atoms with Gasteiger partial charge in [0.05, 0.1) is 9.50 Å². The van der Waals surface area contributed by atoms with Gasteiger partial charge in [-0.25, -0.2) is 4.98 Å². The highest BCUT2D eigenvalue weighted by Gasteiger charge is 2.19. The largest absolute Gasteiger partial charge is 0.351 e. The number of pyridine rings is 1. The van der Waals surface area contributed by atoms with E-state index in [2.05, 4.69) is 37.3 Å². The molecule has 0 bridgehead atoms. The maximum Gasteiger partial charge on any atom is 0.143 e. The minimum Gasteiger partial charge on any atom is -0.351 e. The second-order valence-corrected chi connectivity index (χ2v) is 6.29. The van der Waals surface area contributed by atoms with Gasteiger partial charge in [-0.3, -0.25) is 0 Å². The second-order valence-electron chi connectivity index (χ2n) is 4.00. The molecule has 2 nitrogen and oxygen atoms in total. The highest BCUT2D eigenvalue weighted by molar-refractivity contribution is 9.10. The Morgan fingerprint density at radius 2 is 2.35 bits per heavy atom. The number of nitrogens with zero attached hydrogens (tertiary/aromatic N) is 2. The molecule has 0 atom stereocenters. The molecule has 1 aliphatic heterocycles. The molecular formula is C12H10BrClN2S. The SMILES string of the molecule is Clc1cnc(N2CCc3sccc3C2)c(Br)c1. The fourth-order valence-electron chi connectivity index (χ4n) is 2.07. The van der Waals surface area contributed by atoms with Crippen LogP contribution in [0.25, 0.3) is 0 Å². The first-order chi connectivity index (χ1) is 8.24. The summed E-state index contributed by atoms with van der Waals surface area (Å²) in [4.78, 5) is 8.20. The van der Waals surface area contributed by atoms with E-state index in [1.165, 1.54) is 10.4 Å². The van der Waals surface area contributed by atoms with Crippen molar-refractivity contribution in [1.29, 1.82) is 0 Å². The first kappa shape index (κ1) is 11.5. The number of hydrogen-bond acceptors (Lipinski definition) is 3. The van der Waals surface area contributed by atoms with Crippen molar-refractivity contribution in [2.45, 2.75) is 13.0 Å². The molecule has 0 unspecified atom stereocenters. The number of rotatable bonds is 1. The van der Waals surface area contributed by atoms with Crippen molar-refractivity contribution in [2.24, 2.45) is 0 Å². The van der Waals surface area contributed by atoms with E-state index in [0.717, 1.165) is 29.8 Å². The van der Waals surface area contributed by atoms with Gasteiger partial charge in [-0.05, 0) is 45.4 Å². The van der Waals surface area contributed by atoms with Gasteiger partial charge in [0.2, 0.25) is 0 Å². The van der Waals surface area contributed by atoms with Gasteiger partial charge in [0, 0.05) is 24.2 Å². The monoisotopic (exact) mass is 328 g/mol. The van der Waals surface area contributed by atoms with E-state index in [-0.39, 0.29) is 0 Å². The van der Waals surface area contributed by atoms with Gasteiger partial charge in [0.25, 0.3) is 0 Å². The third-order valence-corrected chi connectivity index (χ3v) is 4.71. The van der Waals surface area contributed by atoms with E-state index < -0.39 is 0 Å². The first-order valence-electron chi connectivity index (χ1n) is 5.35. The minimum atomic E-state index is 0.661. The number of thiophene rings is 1. The average molecular weight is 330 g/mol. The molecule has 0 saturated carbocycles. The first-order valence-corrected chi connectivity index (χ1v) is 7.40. The maximum absolute atomic E-state index is 5.91. The van der Waals surface area contributed by atoms with Crippen molar-refractivity contribution in [3.8, 4) is 0 Å². The Labute approximate surface area is 117 Å². The molecule has 0 radical (unpaired) electrons. The van der Waals surface area contributed by atoms with E-state index in [4.69, 9.17) is 11.6 Å².